The SMILES string of the molecule is CCC(C(=O)N(C)C)n1ccnc1-c1ccc2cccnc2c1. The van der Waals surface area contributed by atoms with Gasteiger partial charge in [-0.3, -0.25) is 9.78 Å². The average molecular weight is 308 g/mol. The smallest absolute Gasteiger partial charge is 0.245 e. The first-order valence-corrected chi connectivity index (χ1v) is 7.71. The average Bonchev–Trinajstić information content (AvgIpc) is 3.04. The maximum atomic E-state index is 12.4. The minimum Gasteiger partial charge on any atom is -0.347 e. The molecule has 0 aliphatic rings. The quantitative estimate of drug-likeness (QED) is 0.744. The van der Waals surface area contributed by atoms with Crippen LogP contribution in [0.1, 0.15) is 19.4 Å². The molecule has 0 saturated carbocycles. The highest BCUT2D eigenvalue weighted by Crippen LogP contribution is 2.26. The summed E-state index contributed by atoms with van der Waals surface area (Å²) in [5.74, 6) is 0.866. The van der Waals surface area contributed by atoms with Crippen molar-refractivity contribution in [1.29, 1.82) is 0 Å². The van der Waals surface area contributed by atoms with E-state index >= 15 is 0 Å². The second-order valence-electron chi connectivity index (χ2n) is 5.73. The van der Waals surface area contributed by atoms with Crippen LogP contribution < -0.4 is 0 Å². The van der Waals surface area contributed by atoms with Crippen molar-refractivity contribution in [2.24, 2.45) is 0 Å². The zero-order valence-corrected chi connectivity index (χ0v) is 13.6. The maximum absolute atomic E-state index is 12.4. The molecule has 1 aromatic carbocycles. The molecule has 2 heterocycles. The number of hydrogen-bond donors (Lipinski definition) is 0. The largest absolute Gasteiger partial charge is 0.347 e. The zero-order chi connectivity index (χ0) is 16.4. The van der Waals surface area contributed by atoms with Crippen molar-refractivity contribution in [3.8, 4) is 11.4 Å². The number of nitrogens with zero attached hydrogens (tertiary/aromatic N) is 4. The highest BCUT2D eigenvalue weighted by Gasteiger charge is 2.23. The van der Waals surface area contributed by atoms with Crippen molar-refractivity contribution < 1.29 is 4.79 Å². The Bertz CT molecular complexity index is 838. The van der Waals surface area contributed by atoms with Gasteiger partial charge in [0.2, 0.25) is 5.91 Å². The van der Waals surface area contributed by atoms with Gasteiger partial charge in [-0.15, -0.1) is 0 Å². The molecular formula is C18H20N4O. The number of carbonyl (C=O) groups is 1. The van der Waals surface area contributed by atoms with E-state index in [0.29, 0.717) is 6.42 Å². The fraction of sp³-hybridized carbons (Fsp3) is 0.278. The third-order valence-electron chi connectivity index (χ3n) is 3.98. The van der Waals surface area contributed by atoms with Crippen LogP contribution in [0.4, 0.5) is 0 Å². The molecule has 2 aromatic heterocycles. The summed E-state index contributed by atoms with van der Waals surface area (Å²) < 4.78 is 1.95. The Balaban J connectivity index is 2.06. The van der Waals surface area contributed by atoms with Gasteiger partial charge in [-0.1, -0.05) is 25.1 Å². The third-order valence-corrected chi connectivity index (χ3v) is 3.98. The van der Waals surface area contributed by atoms with Crippen molar-refractivity contribution in [2.45, 2.75) is 19.4 Å². The van der Waals surface area contributed by atoms with Crippen LogP contribution in [0.2, 0.25) is 0 Å². The summed E-state index contributed by atoms with van der Waals surface area (Å²) in [5, 5.41) is 1.09. The molecule has 0 aliphatic heterocycles. The lowest BCUT2D eigenvalue weighted by Crippen LogP contribution is -2.31. The summed E-state index contributed by atoms with van der Waals surface area (Å²) in [4.78, 5) is 22.9. The Hall–Kier alpha value is -2.69. The second kappa shape index (κ2) is 6.20. The molecule has 5 heteroatoms. The molecule has 23 heavy (non-hydrogen) atoms. The first-order valence-electron chi connectivity index (χ1n) is 7.71. The third kappa shape index (κ3) is 2.82. The van der Waals surface area contributed by atoms with Crippen LogP contribution in [0.15, 0.2) is 48.9 Å². The molecule has 0 N–H and O–H groups in total. The van der Waals surface area contributed by atoms with E-state index in [1.165, 1.54) is 0 Å². The molecule has 3 aromatic rings. The predicted molar refractivity (Wildman–Crippen MR) is 91.0 cm³/mol. The fourth-order valence-corrected chi connectivity index (χ4v) is 2.78. The van der Waals surface area contributed by atoms with E-state index in [1.807, 2.05) is 48.0 Å². The number of pyridine rings is 1. The second-order valence-corrected chi connectivity index (χ2v) is 5.73. The molecule has 1 unspecified atom stereocenters. The molecule has 0 bridgehead atoms. The van der Waals surface area contributed by atoms with E-state index in [0.717, 1.165) is 22.3 Å². The Kier molecular flexibility index (Phi) is 4.10. The van der Waals surface area contributed by atoms with E-state index in [2.05, 4.69) is 9.97 Å². The summed E-state index contributed by atoms with van der Waals surface area (Å²) in [6, 6.07) is 9.78. The highest BCUT2D eigenvalue weighted by molar-refractivity contribution is 5.84. The van der Waals surface area contributed by atoms with Crippen LogP contribution in [0, 0.1) is 0 Å². The van der Waals surface area contributed by atoms with Gasteiger partial charge in [0.25, 0.3) is 0 Å². The monoisotopic (exact) mass is 308 g/mol. The number of imidazole rings is 1. The lowest BCUT2D eigenvalue weighted by atomic mass is 10.1. The number of fused-ring (bicyclic) bond motifs is 1. The first-order chi connectivity index (χ1) is 11.1. The van der Waals surface area contributed by atoms with Gasteiger partial charge in [-0.05, 0) is 18.6 Å². The molecular weight excluding hydrogens is 288 g/mol. The van der Waals surface area contributed by atoms with Gasteiger partial charge in [-0.25, -0.2) is 4.98 Å². The standard InChI is InChI=1S/C18H20N4O/c1-4-16(18(23)21(2)3)22-11-10-20-17(22)14-8-7-13-6-5-9-19-15(13)12-14/h5-12,16H,4H2,1-3H3. The molecule has 0 spiro atoms. The molecule has 1 amide bonds. The molecule has 118 valence electrons. The van der Waals surface area contributed by atoms with Gasteiger partial charge in [0.05, 0.1) is 5.52 Å². The Morgan fingerprint density at radius 2 is 2.04 bits per heavy atom. The summed E-state index contributed by atoms with van der Waals surface area (Å²) >= 11 is 0. The number of likely N-dealkylation sites (N-methyl/N-ethyl adjacent to an activating group) is 1. The Morgan fingerprint density at radius 3 is 2.78 bits per heavy atom. The van der Waals surface area contributed by atoms with Crippen LogP contribution in [-0.4, -0.2) is 39.4 Å². The molecule has 3 rings (SSSR count). The van der Waals surface area contributed by atoms with Crippen molar-refractivity contribution in [1.82, 2.24) is 19.4 Å². The van der Waals surface area contributed by atoms with Gasteiger partial charge in [0, 0.05) is 43.6 Å². The minimum atomic E-state index is -0.248. The fourth-order valence-electron chi connectivity index (χ4n) is 2.78. The van der Waals surface area contributed by atoms with Crippen molar-refractivity contribution in [2.75, 3.05) is 14.1 Å². The number of carbonyl (C=O) groups excluding carboxylic acids is 1. The van der Waals surface area contributed by atoms with Crippen LogP contribution in [0.5, 0.6) is 0 Å². The van der Waals surface area contributed by atoms with Gasteiger partial charge >= 0.3 is 0 Å². The van der Waals surface area contributed by atoms with E-state index < -0.39 is 0 Å². The number of aromatic nitrogens is 3. The Labute approximate surface area is 135 Å². The zero-order valence-electron chi connectivity index (χ0n) is 13.6. The number of hydrogen-bond acceptors (Lipinski definition) is 3. The topological polar surface area (TPSA) is 51.0 Å². The van der Waals surface area contributed by atoms with Gasteiger partial charge in [-0.2, -0.15) is 0 Å². The Morgan fingerprint density at radius 1 is 1.22 bits per heavy atom. The lowest BCUT2D eigenvalue weighted by Gasteiger charge is -2.22. The molecule has 0 fully saturated rings. The van der Waals surface area contributed by atoms with Crippen LogP contribution in [-0.2, 0) is 4.79 Å². The van der Waals surface area contributed by atoms with Crippen LogP contribution >= 0.6 is 0 Å². The summed E-state index contributed by atoms with van der Waals surface area (Å²) in [6.45, 7) is 2.01. The molecule has 0 aliphatic carbocycles. The number of amides is 1. The van der Waals surface area contributed by atoms with Gasteiger partial charge in [0.15, 0.2) is 0 Å². The summed E-state index contributed by atoms with van der Waals surface area (Å²) in [5.41, 5.74) is 1.89. The van der Waals surface area contributed by atoms with Crippen LogP contribution in [0.3, 0.4) is 0 Å². The van der Waals surface area contributed by atoms with E-state index in [4.69, 9.17) is 0 Å². The van der Waals surface area contributed by atoms with E-state index in [9.17, 15) is 4.79 Å². The van der Waals surface area contributed by atoms with Crippen molar-refractivity contribution in [3.05, 3.63) is 48.9 Å². The molecule has 5 nitrogen and oxygen atoms in total. The number of rotatable bonds is 4. The van der Waals surface area contributed by atoms with Gasteiger partial charge < -0.3 is 9.47 Å². The summed E-state index contributed by atoms with van der Waals surface area (Å²) in [6.07, 6.45) is 6.10. The highest BCUT2D eigenvalue weighted by atomic mass is 16.2. The van der Waals surface area contributed by atoms with E-state index in [-0.39, 0.29) is 11.9 Å². The summed E-state index contributed by atoms with van der Waals surface area (Å²) in [7, 11) is 3.56. The first kappa shape index (κ1) is 15.2. The van der Waals surface area contributed by atoms with Crippen LogP contribution in [0.25, 0.3) is 22.3 Å². The van der Waals surface area contributed by atoms with Crippen molar-refractivity contribution >= 4 is 16.8 Å². The van der Waals surface area contributed by atoms with Crippen molar-refractivity contribution in [3.63, 3.8) is 0 Å². The maximum Gasteiger partial charge on any atom is 0.245 e. The molecule has 0 radical (unpaired) electrons. The van der Waals surface area contributed by atoms with Gasteiger partial charge in [0.1, 0.15) is 11.9 Å². The minimum absolute atomic E-state index is 0.0747. The predicted octanol–water partition coefficient (Wildman–Crippen LogP) is 3.14. The lowest BCUT2D eigenvalue weighted by molar-refractivity contribution is -0.132. The normalized spacial score (nSPS) is 12.3. The van der Waals surface area contributed by atoms with E-state index in [1.54, 1.807) is 31.4 Å². The molecule has 1 atom stereocenters. The number of benzene rings is 1. The molecule has 0 saturated heterocycles.